The van der Waals surface area contributed by atoms with Gasteiger partial charge >= 0.3 is 0 Å². The van der Waals surface area contributed by atoms with E-state index in [4.69, 9.17) is 16.3 Å². The lowest BCUT2D eigenvalue weighted by Gasteiger charge is -2.22. The number of nitrogens with one attached hydrogen (secondary N) is 1. The molecule has 0 saturated carbocycles. The van der Waals surface area contributed by atoms with E-state index < -0.39 is 0 Å². The molecule has 2 heterocycles. The molecule has 1 aliphatic heterocycles. The van der Waals surface area contributed by atoms with Crippen molar-refractivity contribution in [1.29, 1.82) is 0 Å². The van der Waals surface area contributed by atoms with E-state index in [0.29, 0.717) is 39.9 Å². The number of nitrogens with zero attached hydrogens (tertiary/aromatic N) is 1. The molecule has 0 radical (unpaired) electrons. The molecule has 4 rings (SSSR count). The van der Waals surface area contributed by atoms with Gasteiger partial charge in [0.1, 0.15) is 5.75 Å². The van der Waals surface area contributed by atoms with Crippen LogP contribution in [0.3, 0.4) is 0 Å². The number of aliphatic hydroxyl groups is 1. The van der Waals surface area contributed by atoms with Crippen LogP contribution in [0.2, 0.25) is 5.02 Å². The molecule has 6 nitrogen and oxygen atoms in total. The molecule has 2 amide bonds. The molecule has 0 aliphatic carbocycles. The van der Waals surface area contributed by atoms with Crippen molar-refractivity contribution in [2.24, 2.45) is 0 Å². The molecule has 2 aromatic carbocycles. The van der Waals surface area contributed by atoms with Crippen molar-refractivity contribution < 1.29 is 19.4 Å². The summed E-state index contributed by atoms with van der Waals surface area (Å²) in [5, 5.41) is 12.6. The van der Waals surface area contributed by atoms with Crippen molar-refractivity contribution in [3.63, 3.8) is 0 Å². The Hall–Kier alpha value is -2.87. The zero-order chi connectivity index (χ0) is 22.0. The fourth-order valence-corrected chi connectivity index (χ4v) is 5.00. The number of halogens is 1. The summed E-state index contributed by atoms with van der Waals surface area (Å²) in [4.78, 5) is 28.3. The van der Waals surface area contributed by atoms with Gasteiger partial charge in [0.05, 0.1) is 28.8 Å². The van der Waals surface area contributed by atoms with Crippen LogP contribution in [0.4, 0.5) is 5.69 Å². The van der Waals surface area contributed by atoms with E-state index in [9.17, 15) is 14.7 Å². The van der Waals surface area contributed by atoms with Gasteiger partial charge in [0.25, 0.3) is 11.8 Å². The van der Waals surface area contributed by atoms with Crippen LogP contribution in [-0.4, -0.2) is 43.7 Å². The Labute approximate surface area is 189 Å². The zero-order valence-corrected chi connectivity index (χ0v) is 18.4. The van der Waals surface area contributed by atoms with Crippen LogP contribution in [0.15, 0.2) is 48.5 Å². The second-order valence-corrected chi connectivity index (χ2v) is 8.44. The first kappa shape index (κ1) is 21.4. The Balaban J connectivity index is 1.73. The highest BCUT2D eigenvalue weighted by molar-refractivity contribution is 7.17. The normalized spacial score (nSPS) is 12.2. The average molecular weight is 457 g/mol. The van der Waals surface area contributed by atoms with Gasteiger partial charge in [-0.1, -0.05) is 23.7 Å². The summed E-state index contributed by atoms with van der Waals surface area (Å²) in [6.07, 6.45) is 0.648. The van der Waals surface area contributed by atoms with Gasteiger partial charge in [-0.05, 0) is 42.0 Å². The number of thiophene rings is 1. The molecule has 0 spiro atoms. The molecule has 0 atom stereocenters. The van der Waals surface area contributed by atoms with Crippen molar-refractivity contribution in [2.45, 2.75) is 6.42 Å². The predicted molar refractivity (Wildman–Crippen MR) is 123 cm³/mol. The summed E-state index contributed by atoms with van der Waals surface area (Å²) in [5.41, 5.74) is 2.95. The molecular formula is C23H21ClN2O4S. The van der Waals surface area contributed by atoms with Crippen molar-refractivity contribution in [2.75, 3.05) is 31.7 Å². The van der Waals surface area contributed by atoms with Crippen molar-refractivity contribution >= 4 is 40.4 Å². The molecule has 8 heteroatoms. The van der Waals surface area contributed by atoms with Crippen molar-refractivity contribution in [3.8, 4) is 16.2 Å². The first-order chi connectivity index (χ1) is 15.0. The van der Waals surface area contributed by atoms with Gasteiger partial charge in [-0.3, -0.25) is 9.59 Å². The summed E-state index contributed by atoms with van der Waals surface area (Å²) in [5.74, 6) is 0.223. The second-order valence-electron chi connectivity index (χ2n) is 6.99. The largest absolute Gasteiger partial charge is 0.493 e. The van der Waals surface area contributed by atoms with Crippen molar-refractivity contribution in [3.05, 3.63) is 69.6 Å². The fourth-order valence-electron chi connectivity index (χ4n) is 3.57. The minimum atomic E-state index is -0.218. The molecule has 1 aromatic heterocycles. The maximum absolute atomic E-state index is 13.4. The molecule has 31 heavy (non-hydrogen) atoms. The summed E-state index contributed by atoms with van der Waals surface area (Å²) < 4.78 is 5.88. The molecule has 0 fully saturated rings. The van der Waals surface area contributed by atoms with E-state index in [0.717, 1.165) is 16.0 Å². The van der Waals surface area contributed by atoms with Crippen molar-refractivity contribution in [1.82, 2.24) is 5.32 Å². The number of benzene rings is 2. The van der Waals surface area contributed by atoms with Gasteiger partial charge in [-0.25, -0.2) is 0 Å². The maximum Gasteiger partial charge on any atom is 0.268 e. The lowest BCUT2D eigenvalue weighted by molar-refractivity contribution is 0.0960. The number of hydrogen-bond acceptors (Lipinski definition) is 5. The number of rotatable bonds is 5. The maximum atomic E-state index is 13.4. The van der Waals surface area contributed by atoms with Crippen LogP contribution in [0, 0.1) is 0 Å². The molecular weight excluding hydrogens is 436 g/mol. The van der Waals surface area contributed by atoms with E-state index >= 15 is 0 Å². The second kappa shape index (κ2) is 9.09. The zero-order valence-electron chi connectivity index (χ0n) is 16.9. The molecule has 3 aromatic rings. The summed E-state index contributed by atoms with van der Waals surface area (Å²) in [7, 11) is 1.58. The number of amides is 2. The number of carbonyl (C=O) groups is 2. The quantitative estimate of drug-likeness (QED) is 0.608. The Bertz CT molecular complexity index is 1140. The summed E-state index contributed by atoms with van der Waals surface area (Å²) in [6, 6.07) is 14.3. The van der Waals surface area contributed by atoms with E-state index in [-0.39, 0.29) is 25.0 Å². The smallest absolute Gasteiger partial charge is 0.268 e. The summed E-state index contributed by atoms with van der Waals surface area (Å²) in [6.45, 7) is 0.410. The molecule has 0 unspecified atom stereocenters. The van der Waals surface area contributed by atoms with Crippen LogP contribution in [-0.2, 0) is 6.42 Å². The average Bonchev–Trinajstić information content (AvgIpc) is 3.13. The van der Waals surface area contributed by atoms with Gasteiger partial charge in [0, 0.05) is 36.0 Å². The third-order valence-electron chi connectivity index (χ3n) is 5.08. The van der Waals surface area contributed by atoms with Crippen LogP contribution in [0.5, 0.6) is 5.75 Å². The number of ether oxygens (including phenoxy) is 1. The standard InChI is InChI=1S/C23H21ClN2O4S/c1-25-22(28)15-6-7-16-19(12-15)30-11-8-14-13-20(31-21(14)16)23(29)26(9-10-27)18-5-3-2-4-17(18)24/h2-7,12-13,27H,8-11H2,1H3,(H,25,28). The first-order valence-electron chi connectivity index (χ1n) is 9.82. The number of hydrogen-bond donors (Lipinski definition) is 2. The molecule has 1 aliphatic rings. The number of anilines is 1. The van der Waals surface area contributed by atoms with E-state index in [2.05, 4.69) is 5.32 Å². The number of aliphatic hydroxyl groups excluding tert-OH is 1. The lowest BCUT2D eigenvalue weighted by atomic mass is 10.0. The van der Waals surface area contributed by atoms with Crippen LogP contribution >= 0.6 is 22.9 Å². The van der Waals surface area contributed by atoms with Crippen LogP contribution < -0.4 is 15.0 Å². The highest BCUT2D eigenvalue weighted by Gasteiger charge is 2.26. The van der Waals surface area contributed by atoms with E-state index in [1.807, 2.05) is 12.1 Å². The number of carbonyl (C=O) groups excluding carboxylic acids is 2. The first-order valence-corrected chi connectivity index (χ1v) is 11.0. The lowest BCUT2D eigenvalue weighted by Crippen LogP contribution is -2.33. The monoisotopic (exact) mass is 456 g/mol. The molecule has 160 valence electrons. The Kier molecular flexibility index (Phi) is 6.27. The van der Waals surface area contributed by atoms with Gasteiger partial charge in [0.15, 0.2) is 0 Å². The highest BCUT2D eigenvalue weighted by Crippen LogP contribution is 2.42. The Morgan fingerprint density at radius 1 is 1.23 bits per heavy atom. The molecule has 0 bridgehead atoms. The topological polar surface area (TPSA) is 78.9 Å². The van der Waals surface area contributed by atoms with Gasteiger partial charge in [-0.15, -0.1) is 11.3 Å². The minimum absolute atomic E-state index is 0.139. The van der Waals surface area contributed by atoms with Gasteiger partial charge < -0.3 is 20.1 Å². The minimum Gasteiger partial charge on any atom is -0.493 e. The Morgan fingerprint density at radius 2 is 2.03 bits per heavy atom. The van der Waals surface area contributed by atoms with Gasteiger partial charge in [0.2, 0.25) is 0 Å². The highest BCUT2D eigenvalue weighted by atomic mass is 35.5. The SMILES string of the molecule is CNC(=O)c1ccc2c(c1)OCCc1cc(C(=O)N(CCO)c3ccccc3Cl)sc1-2. The molecule has 0 saturated heterocycles. The summed E-state index contributed by atoms with van der Waals surface area (Å²) >= 11 is 7.68. The van der Waals surface area contributed by atoms with Crippen LogP contribution in [0.25, 0.3) is 10.4 Å². The third-order valence-corrected chi connectivity index (χ3v) is 6.59. The Morgan fingerprint density at radius 3 is 2.77 bits per heavy atom. The third kappa shape index (κ3) is 4.17. The number of fused-ring (bicyclic) bond motifs is 3. The predicted octanol–water partition coefficient (Wildman–Crippen LogP) is 4.00. The van der Waals surface area contributed by atoms with E-state index in [1.54, 1.807) is 43.4 Å². The van der Waals surface area contributed by atoms with Crippen LogP contribution in [0.1, 0.15) is 25.6 Å². The number of para-hydroxylation sites is 1. The molecule has 2 N–H and O–H groups in total. The van der Waals surface area contributed by atoms with Gasteiger partial charge in [-0.2, -0.15) is 0 Å². The van der Waals surface area contributed by atoms with E-state index in [1.165, 1.54) is 16.2 Å². The fraction of sp³-hybridized carbons (Fsp3) is 0.217.